The van der Waals surface area contributed by atoms with Gasteiger partial charge in [-0.3, -0.25) is 4.79 Å². The predicted molar refractivity (Wildman–Crippen MR) is 80.9 cm³/mol. The maximum absolute atomic E-state index is 12.5. The smallest absolute Gasteiger partial charge is 0.264 e. The molecule has 106 valence electrons. The largest absolute Gasteiger partial charge is 0.398 e. The predicted octanol–water partition coefficient (Wildman–Crippen LogP) is 1.41. The van der Waals surface area contributed by atoms with Gasteiger partial charge in [-0.1, -0.05) is 6.07 Å². The van der Waals surface area contributed by atoms with Crippen molar-refractivity contribution in [3.8, 4) is 0 Å². The maximum atomic E-state index is 12.5. The Bertz CT molecular complexity index is 647. The van der Waals surface area contributed by atoms with E-state index in [4.69, 9.17) is 16.2 Å². The fraction of sp³-hybridized carbons (Fsp3) is 0.357. The van der Waals surface area contributed by atoms with E-state index in [9.17, 15) is 4.79 Å². The van der Waals surface area contributed by atoms with E-state index in [2.05, 4.69) is 0 Å². The number of thiophene rings is 1. The fourth-order valence-corrected chi connectivity index (χ4v) is 3.43. The Labute approximate surface area is 121 Å². The maximum Gasteiger partial charge on any atom is 0.264 e. The van der Waals surface area contributed by atoms with Crippen LogP contribution in [-0.2, 0) is 11.3 Å². The second-order valence-corrected chi connectivity index (χ2v) is 5.85. The number of rotatable bonds is 2. The molecule has 1 saturated heterocycles. The van der Waals surface area contributed by atoms with Gasteiger partial charge in [-0.05, 0) is 17.7 Å². The Morgan fingerprint density at radius 1 is 1.35 bits per heavy atom. The molecular weight excluding hydrogens is 274 g/mol. The number of nitrogens with two attached hydrogens (primary N) is 2. The summed E-state index contributed by atoms with van der Waals surface area (Å²) < 4.78 is 6.29. The zero-order valence-corrected chi connectivity index (χ0v) is 11.9. The van der Waals surface area contributed by atoms with Crippen LogP contribution in [-0.4, -0.2) is 37.1 Å². The van der Waals surface area contributed by atoms with Gasteiger partial charge in [-0.25, -0.2) is 0 Å². The highest BCUT2D eigenvalue weighted by molar-refractivity contribution is 7.20. The molecule has 3 rings (SSSR count). The highest BCUT2D eigenvalue weighted by atomic mass is 32.1. The number of fused-ring (bicyclic) bond motifs is 1. The summed E-state index contributed by atoms with van der Waals surface area (Å²) in [5.41, 5.74) is 13.4. The van der Waals surface area contributed by atoms with Crippen LogP contribution < -0.4 is 11.5 Å². The number of benzene rings is 1. The summed E-state index contributed by atoms with van der Waals surface area (Å²) in [6.45, 7) is 2.92. The number of carbonyl (C=O) groups is 1. The third-order valence-corrected chi connectivity index (χ3v) is 4.65. The van der Waals surface area contributed by atoms with E-state index in [1.54, 1.807) is 0 Å². The topological polar surface area (TPSA) is 81.6 Å². The highest BCUT2D eigenvalue weighted by Gasteiger charge is 2.21. The number of hydrogen-bond donors (Lipinski definition) is 2. The van der Waals surface area contributed by atoms with Gasteiger partial charge in [0.1, 0.15) is 0 Å². The molecule has 0 bridgehead atoms. The van der Waals surface area contributed by atoms with Gasteiger partial charge in [-0.15, -0.1) is 11.3 Å². The van der Waals surface area contributed by atoms with Crippen molar-refractivity contribution in [2.45, 2.75) is 6.54 Å². The minimum atomic E-state index is 0.0585. The van der Waals surface area contributed by atoms with Gasteiger partial charge in [-0.2, -0.15) is 0 Å². The Balaban J connectivity index is 1.96. The Hall–Kier alpha value is -1.63. The van der Waals surface area contributed by atoms with Crippen LogP contribution in [0, 0.1) is 0 Å². The molecule has 4 N–H and O–H groups in total. The normalized spacial score (nSPS) is 15.8. The summed E-state index contributed by atoms with van der Waals surface area (Å²) in [7, 11) is 0. The second-order valence-electron chi connectivity index (χ2n) is 4.77. The van der Waals surface area contributed by atoms with Crippen molar-refractivity contribution in [1.82, 2.24) is 4.90 Å². The Kier molecular flexibility index (Phi) is 3.60. The molecule has 1 aliphatic rings. The molecule has 1 aliphatic heterocycles. The summed E-state index contributed by atoms with van der Waals surface area (Å²) >= 11 is 1.48. The summed E-state index contributed by atoms with van der Waals surface area (Å²) in [5.74, 6) is 0.0585. The van der Waals surface area contributed by atoms with E-state index in [0.29, 0.717) is 38.5 Å². The molecule has 5 nitrogen and oxygen atoms in total. The fourth-order valence-electron chi connectivity index (χ4n) is 2.38. The first kappa shape index (κ1) is 13.4. The second kappa shape index (κ2) is 5.40. The summed E-state index contributed by atoms with van der Waals surface area (Å²) in [4.78, 5) is 15.0. The van der Waals surface area contributed by atoms with E-state index in [1.165, 1.54) is 11.3 Å². The van der Waals surface area contributed by atoms with Crippen LogP contribution in [0.2, 0.25) is 0 Å². The lowest BCUT2D eigenvalue weighted by Gasteiger charge is -2.26. The lowest BCUT2D eigenvalue weighted by Crippen LogP contribution is -2.40. The number of nitrogens with zero attached hydrogens (tertiary/aromatic N) is 1. The minimum absolute atomic E-state index is 0.0585. The molecule has 20 heavy (non-hydrogen) atoms. The van der Waals surface area contributed by atoms with Crippen molar-refractivity contribution in [3.05, 3.63) is 28.6 Å². The van der Waals surface area contributed by atoms with Crippen LogP contribution in [0.25, 0.3) is 10.1 Å². The van der Waals surface area contributed by atoms with Gasteiger partial charge >= 0.3 is 0 Å². The van der Waals surface area contributed by atoms with Crippen LogP contribution in [0.4, 0.5) is 5.69 Å². The van der Waals surface area contributed by atoms with Crippen molar-refractivity contribution in [3.63, 3.8) is 0 Å². The van der Waals surface area contributed by atoms with Crippen LogP contribution in [0.3, 0.4) is 0 Å². The molecule has 0 atom stereocenters. The molecule has 2 heterocycles. The van der Waals surface area contributed by atoms with Crippen LogP contribution in [0.15, 0.2) is 18.2 Å². The van der Waals surface area contributed by atoms with E-state index in [-0.39, 0.29) is 5.91 Å². The van der Waals surface area contributed by atoms with Gasteiger partial charge in [0.05, 0.1) is 18.1 Å². The lowest BCUT2D eigenvalue weighted by atomic mass is 10.1. The van der Waals surface area contributed by atoms with Gasteiger partial charge < -0.3 is 21.1 Å². The zero-order chi connectivity index (χ0) is 14.1. The van der Waals surface area contributed by atoms with Crippen LogP contribution in [0.1, 0.15) is 15.2 Å². The van der Waals surface area contributed by atoms with Crippen molar-refractivity contribution in [1.29, 1.82) is 0 Å². The zero-order valence-electron chi connectivity index (χ0n) is 11.1. The molecule has 0 saturated carbocycles. The standard InChI is InChI=1S/C14H17N3O2S/c15-8-9-1-2-11-10(13(9)16)7-12(20-11)14(18)17-3-5-19-6-4-17/h1-2,7H,3-6,8,15-16H2. The molecule has 0 spiro atoms. The summed E-state index contributed by atoms with van der Waals surface area (Å²) in [5, 5.41) is 0.926. The van der Waals surface area contributed by atoms with Crippen molar-refractivity contribution >= 4 is 33.0 Å². The van der Waals surface area contributed by atoms with Crippen LogP contribution >= 0.6 is 11.3 Å². The SMILES string of the molecule is NCc1ccc2sc(C(=O)N3CCOCC3)cc2c1N. The third-order valence-electron chi connectivity index (χ3n) is 3.56. The minimum Gasteiger partial charge on any atom is -0.398 e. The third kappa shape index (κ3) is 2.26. The average molecular weight is 291 g/mol. The monoisotopic (exact) mass is 291 g/mol. The van der Waals surface area contributed by atoms with Crippen molar-refractivity contribution in [2.75, 3.05) is 32.0 Å². The lowest BCUT2D eigenvalue weighted by molar-refractivity contribution is 0.0306. The quantitative estimate of drug-likeness (QED) is 0.820. The van der Waals surface area contributed by atoms with Gasteiger partial charge in [0, 0.05) is 35.4 Å². The van der Waals surface area contributed by atoms with Crippen molar-refractivity contribution < 1.29 is 9.53 Å². The number of anilines is 1. The number of amides is 1. The number of nitrogen functional groups attached to an aromatic ring is 1. The first-order valence-electron chi connectivity index (χ1n) is 6.58. The van der Waals surface area contributed by atoms with E-state index >= 15 is 0 Å². The molecule has 1 aromatic heterocycles. The van der Waals surface area contributed by atoms with Gasteiger partial charge in [0.2, 0.25) is 0 Å². The summed E-state index contributed by atoms with van der Waals surface area (Å²) in [6, 6.07) is 5.79. The molecule has 0 unspecified atom stereocenters. The molecule has 6 heteroatoms. The van der Waals surface area contributed by atoms with Crippen molar-refractivity contribution in [2.24, 2.45) is 5.73 Å². The number of carbonyl (C=O) groups excluding carboxylic acids is 1. The Morgan fingerprint density at radius 2 is 2.10 bits per heavy atom. The molecule has 0 radical (unpaired) electrons. The molecule has 2 aromatic rings. The number of hydrogen-bond acceptors (Lipinski definition) is 5. The van der Waals surface area contributed by atoms with Gasteiger partial charge in [0.25, 0.3) is 5.91 Å². The van der Waals surface area contributed by atoms with Crippen LogP contribution in [0.5, 0.6) is 0 Å². The molecular formula is C14H17N3O2S. The Morgan fingerprint density at radius 3 is 2.80 bits per heavy atom. The highest BCUT2D eigenvalue weighted by Crippen LogP contribution is 2.32. The first-order chi connectivity index (χ1) is 9.70. The first-order valence-corrected chi connectivity index (χ1v) is 7.40. The molecule has 1 aromatic carbocycles. The molecule has 1 fully saturated rings. The number of morpholine rings is 1. The van der Waals surface area contributed by atoms with E-state index in [1.807, 2.05) is 23.1 Å². The molecule has 0 aliphatic carbocycles. The van der Waals surface area contributed by atoms with E-state index < -0.39 is 0 Å². The van der Waals surface area contributed by atoms with Gasteiger partial charge in [0.15, 0.2) is 0 Å². The number of ether oxygens (including phenoxy) is 1. The summed E-state index contributed by atoms with van der Waals surface area (Å²) in [6.07, 6.45) is 0. The average Bonchev–Trinajstić information content (AvgIpc) is 2.93. The molecule has 1 amide bonds. The van der Waals surface area contributed by atoms with E-state index in [0.717, 1.165) is 20.5 Å².